The normalized spacial score (nSPS) is 20.8. The predicted molar refractivity (Wildman–Crippen MR) is 94.9 cm³/mol. The Kier molecular flexibility index (Phi) is 5.93. The monoisotopic (exact) mass is 364 g/mol. The number of fused-ring (bicyclic) bond motifs is 1. The number of nitrogens with zero attached hydrogens (tertiary/aromatic N) is 2. The summed E-state index contributed by atoms with van der Waals surface area (Å²) >= 11 is 0. The van der Waals surface area contributed by atoms with Crippen molar-refractivity contribution in [2.75, 3.05) is 27.4 Å². The molecule has 0 bridgehead atoms. The number of methoxy groups -OCH3 is 2. The first kappa shape index (κ1) is 18.8. The Bertz CT molecular complexity index is 648. The Labute approximate surface area is 153 Å². The number of carbonyl (C=O) groups is 2. The fraction of sp³-hybridized carbons (Fsp3) is 0.722. The van der Waals surface area contributed by atoms with Crippen molar-refractivity contribution in [2.45, 2.75) is 56.7 Å². The summed E-state index contributed by atoms with van der Waals surface area (Å²) in [6.45, 7) is 1.48. The maximum Gasteiger partial charge on any atom is 0.269 e. The number of aromatic nitrogens is 2. The van der Waals surface area contributed by atoms with Gasteiger partial charge in [0.2, 0.25) is 5.91 Å². The van der Waals surface area contributed by atoms with Crippen LogP contribution in [0.2, 0.25) is 0 Å². The second kappa shape index (κ2) is 8.18. The second-order valence-electron chi connectivity index (χ2n) is 7.14. The lowest BCUT2D eigenvalue weighted by molar-refractivity contribution is -0.135. The van der Waals surface area contributed by atoms with Gasteiger partial charge in [0.25, 0.3) is 5.91 Å². The van der Waals surface area contributed by atoms with Crippen LogP contribution in [0.15, 0.2) is 6.20 Å². The first-order valence-corrected chi connectivity index (χ1v) is 9.23. The van der Waals surface area contributed by atoms with Crippen molar-refractivity contribution in [3.63, 3.8) is 0 Å². The lowest BCUT2D eigenvalue weighted by Crippen LogP contribution is -2.48. The SMILES string of the molecule is COCCNC(=O)c1cnc2n1CC(NC(=O)CC1(OC)CCC1)CC2. The maximum atomic E-state index is 12.4. The molecule has 2 amide bonds. The molecule has 2 heterocycles. The quantitative estimate of drug-likeness (QED) is 0.661. The number of carbonyl (C=O) groups excluding carboxylic acids is 2. The smallest absolute Gasteiger partial charge is 0.269 e. The third kappa shape index (κ3) is 4.07. The zero-order valence-corrected chi connectivity index (χ0v) is 15.5. The summed E-state index contributed by atoms with van der Waals surface area (Å²) in [5.41, 5.74) is 0.257. The van der Waals surface area contributed by atoms with Gasteiger partial charge in [-0.25, -0.2) is 4.98 Å². The highest BCUT2D eigenvalue weighted by molar-refractivity contribution is 5.92. The van der Waals surface area contributed by atoms with Crippen LogP contribution < -0.4 is 10.6 Å². The molecule has 0 saturated heterocycles. The lowest BCUT2D eigenvalue weighted by atomic mass is 9.77. The van der Waals surface area contributed by atoms with Crippen LogP contribution in [0.3, 0.4) is 0 Å². The van der Waals surface area contributed by atoms with Crippen LogP contribution in [0, 0.1) is 0 Å². The molecule has 0 spiro atoms. The van der Waals surface area contributed by atoms with Crippen LogP contribution in [0.4, 0.5) is 0 Å². The number of imidazole rings is 1. The van der Waals surface area contributed by atoms with Gasteiger partial charge in [0.15, 0.2) is 0 Å². The molecule has 1 saturated carbocycles. The van der Waals surface area contributed by atoms with E-state index >= 15 is 0 Å². The van der Waals surface area contributed by atoms with Crippen molar-refractivity contribution in [1.29, 1.82) is 0 Å². The molecule has 1 aliphatic carbocycles. The van der Waals surface area contributed by atoms with E-state index in [1.165, 1.54) is 0 Å². The van der Waals surface area contributed by atoms with Crippen LogP contribution in [-0.2, 0) is 27.2 Å². The topological polar surface area (TPSA) is 94.5 Å². The van der Waals surface area contributed by atoms with E-state index in [2.05, 4.69) is 15.6 Å². The third-order valence-electron chi connectivity index (χ3n) is 5.43. The van der Waals surface area contributed by atoms with Gasteiger partial charge < -0.3 is 24.7 Å². The van der Waals surface area contributed by atoms with E-state index in [0.29, 0.717) is 31.8 Å². The van der Waals surface area contributed by atoms with Crippen molar-refractivity contribution >= 4 is 11.8 Å². The first-order valence-electron chi connectivity index (χ1n) is 9.23. The summed E-state index contributed by atoms with van der Waals surface area (Å²) in [6, 6.07) is 0.00343. The van der Waals surface area contributed by atoms with Gasteiger partial charge >= 0.3 is 0 Å². The molecule has 2 aliphatic rings. The fourth-order valence-electron chi connectivity index (χ4n) is 3.68. The van der Waals surface area contributed by atoms with E-state index in [0.717, 1.165) is 37.9 Å². The molecule has 1 atom stereocenters. The number of ether oxygens (including phenoxy) is 2. The molecule has 0 aromatic carbocycles. The van der Waals surface area contributed by atoms with Gasteiger partial charge in [0.1, 0.15) is 11.5 Å². The van der Waals surface area contributed by atoms with Crippen LogP contribution in [0.5, 0.6) is 0 Å². The molecular weight excluding hydrogens is 336 g/mol. The Morgan fingerprint density at radius 1 is 1.38 bits per heavy atom. The van der Waals surface area contributed by atoms with Gasteiger partial charge in [0.05, 0.1) is 24.8 Å². The molecule has 1 fully saturated rings. The number of nitrogens with one attached hydrogen (secondary N) is 2. The molecule has 1 aromatic heterocycles. The molecule has 0 radical (unpaired) electrons. The van der Waals surface area contributed by atoms with E-state index in [9.17, 15) is 9.59 Å². The molecule has 8 heteroatoms. The van der Waals surface area contributed by atoms with Crippen LogP contribution in [-0.4, -0.2) is 60.4 Å². The minimum Gasteiger partial charge on any atom is -0.383 e. The van der Waals surface area contributed by atoms with E-state index in [4.69, 9.17) is 9.47 Å². The summed E-state index contributed by atoms with van der Waals surface area (Å²) in [4.78, 5) is 29.1. The van der Waals surface area contributed by atoms with Crippen molar-refractivity contribution in [3.05, 3.63) is 17.7 Å². The molecule has 1 aromatic rings. The standard InChI is InChI=1S/C18H28N4O4/c1-25-9-8-19-17(24)14-11-20-15-5-4-13(12-22(14)15)21-16(23)10-18(26-2)6-3-7-18/h11,13H,3-10,12H2,1-2H3,(H,19,24)(H,21,23). The molecule has 2 N–H and O–H groups in total. The minimum atomic E-state index is -0.273. The highest BCUT2D eigenvalue weighted by atomic mass is 16.5. The van der Waals surface area contributed by atoms with E-state index in [1.807, 2.05) is 4.57 Å². The first-order chi connectivity index (χ1) is 12.6. The summed E-state index contributed by atoms with van der Waals surface area (Å²) in [5.74, 6) is 0.742. The summed E-state index contributed by atoms with van der Waals surface area (Å²) < 4.78 is 12.4. The molecular formula is C18H28N4O4. The van der Waals surface area contributed by atoms with Gasteiger partial charge in [-0.3, -0.25) is 9.59 Å². The fourth-order valence-corrected chi connectivity index (χ4v) is 3.68. The predicted octanol–water partition coefficient (Wildman–Crippen LogP) is 0.649. The van der Waals surface area contributed by atoms with Crippen LogP contribution in [0.1, 0.15) is 48.4 Å². The lowest BCUT2D eigenvalue weighted by Gasteiger charge is -2.40. The minimum absolute atomic E-state index is 0.00343. The molecule has 8 nitrogen and oxygen atoms in total. The van der Waals surface area contributed by atoms with Crippen LogP contribution in [0.25, 0.3) is 0 Å². The number of rotatable bonds is 8. The Morgan fingerprint density at radius 2 is 2.19 bits per heavy atom. The maximum absolute atomic E-state index is 12.4. The van der Waals surface area contributed by atoms with E-state index < -0.39 is 0 Å². The van der Waals surface area contributed by atoms with Crippen molar-refractivity contribution in [3.8, 4) is 0 Å². The largest absolute Gasteiger partial charge is 0.383 e. The van der Waals surface area contributed by atoms with Crippen molar-refractivity contribution in [1.82, 2.24) is 20.2 Å². The zero-order chi connectivity index (χ0) is 18.6. The Morgan fingerprint density at radius 3 is 2.85 bits per heavy atom. The van der Waals surface area contributed by atoms with Crippen molar-refractivity contribution < 1.29 is 19.1 Å². The zero-order valence-electron chi connectivity index (χ0n) is 15.5. The number of hydrogen-bond donors (Lipinski definition) is 2. The van der Waals surface area contributed by atoms with E-state index in [-0.39, 0.29) is 23.5 Å². The van der Waals surface area contributed by atoms with Gasteiger partial charge in [-0.2, -0.15) is 0 Å². The molecule has 144 valence electrons. The highest BCUT2D eigenvalue weighted by Gasteiger charge is 2.39. The summed E-state index contributed by atoms with van der Waals surface area (Å²) in [5, 5.41) is 5.92. The number of hydrogen-bond acceptors (Lipinski definition) is 5. The van der Waals surface area contributed by atoms with Crippen molar-refractivity contribution in [2.24, 2.45) is 0 Å². The number of amides is 2. The Balaban J connectivity index is 1.57. The second-order valence-corrected chi connectivity index (χ2v) is 7.14. The highest BCUT2D eigenvalue weighted by Crippen LogP contribution is 2.37. The van der Waals surface area contributed by atoms with Gasteiger partial charge in [-0.05, 0) is 25.7 Å². The average Bonchev–Trinajstić information content (AvgIpc) is 3.01. The summed E-state index contributed by atoms with van der Waals surface area (Å²) in [6.07, 6.45) is 6.58. The number of aryl methyl sites for hydroxylation is 1. The molecule has 1 aliphatic heterocycles. The van der Waals surface area contributed by atoms with Gasteiger partial charge in [0, 0.05) is 39.8 Å². The molecule has 1 unspecified atom stereocenters. The molecule has 26 heavy (non-hydrogen) atoms. The molecule has 3 rings (SSSR count). The third-order valence-corrected chi connectivity index (χ3v) is 5.43. The van der Waals surface area contributed by atoms with Gasteiger partial charge in [-0.15, -0.1) is 0 Å². The average molecular weight is 364 g/mol. The van der Waals surface area contributed by atoms with Gasteiger partial charge in [-0.1, -0.05) is 0 Å². The van der Waals surface area contributed by atoms with E-state index in [1.54, 1.807) is 20.4 Å². The summed E-state index contributed by atoms with van der Waals surface area (Å²) in [7, 11) is 3.27. The Hall–Kier alpha value is -1.93. The van der Waals surface area contributed by atoms with Crippen LogP contribution >= 0.6 is 0 Å².